The van der Waals surface area contributed by atoms with Gasteiger partial charge >= 0.3 is 0 Å². The Morgan fingerprint density at radius 2 is 1.60 bits per heavy atom. The third kappa shape index (κ3) is 5.10. The van der Waals surface area contributed by atoms with Crippen LogP contribution in [0.25, 0.3) is 10.9 Å². The van der Waals surface area contributed by atoms with E-state index in [-0.39, 0.29) is 16.7 Å². The van der Waals surface area contributed by atoms with Gasteiger partial charge in [-0.1, -0.05) is 30.3 Å². The molecule has 0 aliphatic heterocycles. The Kier molecular flexibility index (Phi) is 6.98. The van der Waals surface area contributed by atoms with Crippen LogP contribution in [0.15, 0.2) is 83.9 Å². The van der Waals surface area contributed by atoms with Gasteiger partial charge in [-0.2, -0.15) is 0 Å². The lowest BCUT2D eigenvalue weighted by atomic mass is 9.90. The fraction of sp³-hybridized carbons (Fsp3) is 0.250. The van der Waals surface area contributed by atoms with Gasteiger partial charge in [-0.15, -0.1) is 0 Å². The average Bonchev–Trinajstić information content (AvgIpc) is 3.28. The van der Waals surface area contributed by atoms with E-state index in [0.717, 1.165) is 27.7 Å². The molecule has 0 aliphatic carbocycles. The molecule has 182 valence electrons. The fourth-order valence-electron chi connectivity index (χ4n) is 4.16. The maximum atomic E-state index is 13.0. The van der Waals surface area contributed by atoms with Gasteiger partial charge in [0.15, 0.2) is 9.84 Å². The van der Waals surface area contributed by atoms with Gasteiger partial charge in [-0.25, -0.2) is 8.42 Å². The fourth-order valence-corrected chi connectivity index (χ4v) is 5.22. The van der Waals surface area contributed by atoms with Gasteiger partial charge < -0.3 is 15.2 Å². The van der Waals surface area contributed by atoms with Crippen molar-refractivity contribution in [3.05, 3.63) is 95.7 Å². The van der Waals surface area contributed by atoms with Crippen LogP contribution in [0.5, 0.6) is 0 Å². The van der Waals surface area contributed by atoms with Gasteiger partial charge in [-0.05, 0) is 67.4 Å². The summed E-state index contributed by atoms with van der Waals surface area (Å²) in [6, 6.07) is 22.6. The number of nitrogens with zero attached hydrogens (tertiary/aromatic N) is 1. The van der Waals surface area contributed by atoms with Crippen LogP contribution in [0.4, 0.5) is 5.69 Å². The molecule has 7 heteroatoms. The summed E-state index contributed by atoms with van der Waals surface area (Å²) in [6.07, 6.45) is 2.01. The molecular formula is C28H31N3O3S. The summed E-state index contributed by atoms with van der Waals surface area (Å²) in [4.78, 5) is 18.6. The molecule has 1 aromatic heterocycles. The maximum absolute atomic E-state index is 13.0. The highest BCUT2D eigenvalue weighted by molar-refractivity contribution is 7.92. The number of aromatic amines is 1. The number of rotatable bonds is 8. The van der Waals surface area contributed by atoms with Gasteiger partial charge in [0, 0.05) is 54.9 Å². The maximum Gasteiger partial charge on any atom is 0.251 e. The van der Waals surface area contributed by atoms with Crippen LogP contribution in [0, 0.1) is 0 Å². The van der Waals surface area contributed by atoms with Crippen LogP contribution in [-0.2, 0) is 9.84 Å². The molecule has 0 saturated heterocycles. The SMILES string of the molecule is CC(C)S(=O)(=O)c1ccc(C(=O)NCC(c2ccc(N(C)C)cc2)c2c[nH]c3ccccc23)cc1. The molecule has 35 heavy (non-hydrogen) atoms. The normalized spacial score (nSPS) is 12.6. The van der Waals surface area contributed by atoms with Crippen LogP contribution in [0.1, 0.15) is 41.3 Å². The number of nitrogens with one attached hydrogen (secondary N) is 2. The number of aromatic nitrogens is 1. The minimum absolute atomic E-state index is 0.0631. The molecule has 1 unspecified atom stereocenters. The van der Waals surface area contributed by atoms with Crippen LogP contribution >= 0.6 is 0 Å². The molecule has 0 aliphatic rings. The molecule has 0 fully saturated rings. The Bertz CT molecular complexity index is 1420. The molecule has 0 spiro atoms. The molecule has 0 bridgehead atoms. The first kappa shape index (κ1) is 24.5. The van der Waals surface area contributed by atoms with E-state index >= 15 is 0 Å². The second-order valence-electron chi connectivity index (χ2n) is 9.16. The summed E-state index contributed by atoms with van der Waals surface area (Å²) in [5.74, 6) is -0.305. The number of carbonyl (C=O) groups is 1. The Labute approximate surface area is 206 Å². The van der Waals surface area contributed by atoms with Crippen molar-refractivity contribution in [3.63, 3.8) is 0 Å². The topological polar surface area (TPSA) is 82.3 Å². The van der Waals surface area contributed by atoms with E-state index < -0.39 is 15.1 Å². The van der Waals surface area contributed by atoms with Crippen molar-refractivity contribution in [1.29, 1.82) is 0 Å². The van der Waals surface area contributed by atoms with Crippen LogP contribution in [0.3, 0.4) is 0 Å². The first-order valence-corrected chi connectivity index (χ1v) is 13.2. The highest BCUT2D eigenvalue weighted by atomic mass is 32.2. The van der Waals surface area contributed by atoms with Crippen molar-refractivity contribution >= 4 is 32.3 Å². The van der Waals surface area contributed by atoms with Gasteiger partial charge in [0.1, 0.15) is 0 Å². The molecule has 2 N–H and O–H groups in total. The van der Waals surface area contributed by atoms with Crippen LogP contribution in [-0.4, -0.2) is 45.2 Å². The smallest absolute Gasteiger partial charge is 0.251 e. The van der Waals surface area contributed by atoms with E-state index in [0.29, 0.717) is 12.1 Å². The summed E-state index contributed by atoms with van der Waals surface area (Å²) >= 11 is 0. The Balaban J connectivity index is 1.60. The number of hydrogen-bond donors (Lipinski definition) is 2. The van der Waals surface area contributed by atoms with Crippen molar-refractivity contribution in [2.45, 2.75) is 29.9 Å². The van der Waals surface area contributed by atoms with E-state index in [9.17, 15) is 13.2 Å². The summed E-state index contributed by atoms with van der Waals surface area (Å²) in [6.45, 7) is 3.69. The van der Waals surface area contributed by atoms with E-state index in [2.05, 4.69) is 45.5 Å². The Morgan fingerprint density at radius 3 is 2.23 bits per heavy atom. The van der Waals surface area contributed by atoms with Crippen LogP contribution in [0.2, 0.25) is 0 Å². The summed E-state index contributed by atoms with van der Waals surface area (Å²) in [5, 5.41) is 3.66. The molecule has 1 amide bonds. The summed E-state index contributed by atoms with van der Waals surface area (Å²) in [7, 11) is 0.628. The number of sulfone groups is 1. The van der Waals surface area contributed by atoms with Crippen molar-refractivity contribution in [1.82, 2.24) is 10.3 Å². The predicted octanol–water partition coefficient (Wildman–Crippen LogP) is 4.98. The van der Waals surface area contributed by atoms with E-state index in [1.807, 2.05) is 38.5 Å². The van der Waals surface area contributed by atoms with Crippen molar-refractivity contribution in [2.75, 3.05) is 25.5 Å². The number of benzene rings is 3. The van der Waals surface area contributed by atoms with Gasteiger partial charge in [0.05, 0.1) is 10.1 Å². The molecule has 6 nitrogen and oxygen atoms in total. The lowest BCUT2D eigenvalue weighted by Crippen LogP contribution is -2.29. The van der Waals surface area contributed by atoms with Crippen molar-refractivity contribution < 1.29 is 13.2 Å². The number of amides is 1. The Hall–Kier alpha value is -3.58. The third-order valence-corrected chi connectivity index (χ3v) is 8.51. The molecule has 4 aromatic rings. The molecule has 1 heterocycles. The second-order valence-corrected chi connectivity index (χ2v) is 11.7. The third-order valence-electron chi connectivity index (χ3n) is 6.34. The quantitative estimate of drug-likeness (QED) is 0.366. The summed E-state index contributed by atoms with van der Waals surface area (Å²) < 4.78 is 24.8. The van der Waals surface area contributed by atoms with Crippen LogP contribution < -0.4 is 10.2 Å². The number of carbonyl (C=O) groups excluding carboxylic acids is 1. The van der Waals surface area contributed by atoms with Gasteiger partial charge in [-0.3, -0.25) is 4.79 Å². The van der Waals surface area contributed by atoms with Crippen molar-refractivity contribution in [2.24, 2.45) is 0 Å². The zero-order valence-corrected chi connectivity index (χ0v) is 21.3. The minimum atomic E-state index is -3.38. The van der Waals surface area contributed by atoms with E-state index in [1.165, 1.54) is 12.1 Å². The monoisotopic (exact) mass is 489 g/mol. The lowest BCUT2D eigenvalue weighted by molar-refractivity contribution is 0.0952. The zero-order chi connectivity index (χ0) is 25.2. The van der Waals surface area contributed by atoms with Gasteiger partial charge in [0.2, 0.25) is 0 Å². The molecule has 1 atom stereocenters. The number of para-hydroxylation sites is 1. The lowest BCUT2D eigenvalue weighted by Gasteiger charge is -2.20. The summed E-state index contributed by atoms with van der Waals surface area (Å²) in [5.41, 5.74) is 4.78. The highest BCUT2D eigenvalue weighted by Gasteiger charge is 2.21. The molecule has 0 saturated carbocycles. The zero-order valence-electron chi connectivity index (χ0n) is 20.4. The first-order valence-electron chi connectivity index (χ1n) is 11.6. The number of H-pyrrole nitrogens is 1. The van der Waals surface area contributed by atoms with Gasteiger partial charge in [0.25, 0.3) is 5.91 Å². The molecule has 3 aromatic carbocycles. The van der Waals surface area contributed by atoms with Crippen molar-refractivity contribution in [3.8, 4) is 0 Å². The molecular weight excluding hydrogens is 458 g/mol. The Morgan fingerprint density at radius 1 is 0.943 bits per heavy atom. The molecule has 4 rings (SSSR count). The largest absolute Gasteiger partial charge is 0.378 e. The first-order chi connectivity index (χ1) is 16.7. The number of hydrogen-bond acceptors (Lipinski definition) is 4. The number of fused-ring (bicyclic) bond motifs is 1. The minimum Gasteiger partial charge on any atom is -0.378 e. The standard InChI is InChI=1S/C28H31N3O3S/c1-19(2)35(33,34)23-15-11-21(12-16-23)28(32)30-17-25(20-9-13-22(14-10-20)31(3)4)26-18-29-27-8-6-5-7-24(26)27/h5-16,18-19,25,29H,17H2,1-4H3,(H,30,32). The predicted molar refractivity (Wildman–Crippen MR) is 142 cm³/mol. The highest BCUT2D eigenvalue weighted by Crippen LogP contribution is 2.31. The molecule has 0 radical (unpaired) electrons. The van der Waals surface area contributed by atoms with E-state index in [1.54, 1.807) is 26.0 Å². The average molecular weight is 490 g/mol. The van der Waals surface area contributed by atoms with E-state index in [4.69, 9.17) is 0 Å². The number of anilines is 1. The second kappa shape index (κ2) is 9.96.